The van der Waals surface area contributed by atoms with E-state index in [1.807, 2.05) is 54.6 Å². The Morgan fingerprint density at radius 1 is 0.914 bits per heavy atom. The average Bonchev–Trinajstić information content (AvgIpc) is 3.31. The summed E-state index contributed by atoms with van der Waals surface area (Å²) in [6.45, 7) is 3.20. The van der Waals surface area contributed by atoms with E-state index in [2.05, 4.69) is 27.3 Å². The molecule has 1 aromatic heterocycles. The molecule has 7 heteroatoms. The molecule has 0 spiro atoms. The van der Waals surface area contributed by atoms with E-state index in [0.717, 1.165) is 60.5 Å². The van der Waals surface area contributed by atoms with Crippen molar-refractivity contribution in [3.63, 3.8) is 0 Å². The van der Waals surface area contributed by atoms with Gasteiger partial charge < -0.3 is 23.9 Å². The van der Waals surface area contributed by atoms with Gasteiger partial charge in [0.1, 0.15) is 17.9 Å². The van der Waals surface area contributed by atoms with Crippen LogP contribution in [0, 0.1) is 0 Å². The summed E-state index contributed by atoms with van der Waals surface area (Å²) in [5, 5.41) is 3.47. The first-order chi connectivity index (χ1) is 17.2. The van der Waals surface area contributed by atoms with Gasteiger partial charge in [0.05, 0.1) is 14.2 Å². The Kier molecular flexibility index (Phi) is 7.04. The summed E-state index contributed by atoms with van der Waals surface area (Å²) in [6.07, 6.45) is 2.01. The molecule has 182 valence electrons. The van der Waals surface area contributed by atoms with Crippen LogP contribution in [0.1, 0.15) is 24.0 Å². The number of rotatable bonds is 9. The molecule has 3 aromatic carbocycles. The first kappa shape index (κ1) is 23.1. The van der Waals surface area contributed by atoms with Crippen LogP contribution in [0.5, 0.6) is 17.2 Å². The van der Waals surface area contributed by atoms with Crippen LogP contribution in [0.4, 0.5) is 6.01 Å². The lowest BCUT2D eigenvalue weighted by molar-refractivity contribution is 0.205. The van der Waals surface area contributed by atoms with Gasteiger partial charge >= 0.3 is 0 Å². The van der Waals surface area contributed by atoms with E-state index < -0.39 is 0 Å². The normalized spacial score (nSPS) is 14.7. The SMILES string of the molecule is COc1cc(CN2CCC(Nc3nc4ccccc4o3)CC2)c(OCc2ccccc2)cc1OC. The third kappa shape index (κ3) is 5.52. The van der Waals surface area contributed by atoms with Crippen molar-refractivity contribution in [2.45, 2.75) is 32.0 Å². The number of piperidine rings is 1. The molecule has 1 N–H and O–H groups in total. The second kappa shape index (κ2) is 10.7. The molecular formula is C28H31N3O4. The van der Waals surface area contributed by atoms with Crippen molar-refractivity contribution in [3.8, 4) is 17.2 Å². The first-order valence-electron chi connectivity index (χ1n) is 12.0. The Labute approximate surface area is 205 Å². The van der Waals surface area contributed by atoms with Crippen molar-refractivity contribution < 1.29 is 18.6 Å². The molecule has 1 aliphatic rings. The average molecular weight is 474 g/mol. The smallest absolute Gasteiger partial charge is 0.295 e. The van der Waals surface area contributed by atoms with E-state index in [1.165, 1.54) is 0 Å². The number of hydrogen-bond acceptors (Lipinski definition) is 7. The van der Waals surface area contributed by atoms with Gasteiger partial charge in [-0.2, -0.15) is 4.98 Å². The number of methoxy groups -OCH3 is 2. The number of fused-ring (bicyclic) bond motifs is 1. The number of hydrogen-bond donors (Lipinski definition) is 1. The summed E-state index contributed by atoms with van der Waals surface area (Å²) < 4.78 is 23.2. The molecule has 1 saturated heterocycles. The Balaban J connectivity index is 1.24. The van der Waals surface area contributed by atoms with Crippen LogP contribution in [0.3, 0.4) is 0 Å². The molecule has 4 aromatic rings. The van der Waals surface area contributed by atoms with Crippen molar-refractivity contribution in [3.05, 3.63) is 77.9 Å². The highest BCUT2D eigenvalue weighted by Crippen LogP contribution is 2.36. The number of para-hydroxylation sites is 2. The van der Waals surface area contributed by atoms with Gasteiger partial charge in [0.2, 0.25) is 0 Å². The van der Waals surface area contributed by atoms with E-state index in [0.29, 0.717) is 30.2 Å². The Hall–Kier alpha value is -3.71. The molecule has 0 bridgehead atoms. The number of anilines is 1. The Morgan fingerprint density at radius 3 is 2.37 bits per heavy atom. The second-order valence-corrected chi connectivity index (χ2v) is 8.77. The van der Waals surface area contributed by atoms with Gasteiger partial charge in [0, 0.05) is 37.3 Å². The Morgan fingerprint density at radius 2 is 1.63 bits per heavy atom. The minimum atomic E-state index is 0.332. The van der Waals surface area contributed by atoms with Crippen LogP contribution in [0.2, 0.25) is 0 Å². The number of oxazole rings is 1. The standard InChI is InChI=1S/C28H31N3O4/c1-32-26-16-21(25(17-27(26)33-2)34-19-20-8-4-3-5-9-20)18-31-14-12-22(13-15-31)29-28-30-23-10-6-7-11-24(23)35-28/h3-11,16-17,22H,12-15,18-19H2,1-2H3,(H,29,30). The molecule has 0 aliphatic carbocycles. The van der Waals surface area contributed by atoms with Gasteiger partial charge in [0.25, 0.3) is 6.01 Å². The minimum absolute atomic E-state index is 0.332. The topological polar surface area (TPSA) is 69.0 Å². The fraction of sp³-hybridized carbons (Fsp3) is 0.321. The Bertz CT molecular complexity index is 1220. The van der Waals surface area contributed by atoms with Gasteiger partial charge in [-0.1, -0.05) is 42.5 Å². The lowest BCUT2D eigenvalue weighted by Crippen LogP contribution is -2.38. The van der Waals surface area contributed by atoms with Gasteiger partial charge in [-0.15, -0.1) is 0 Å². The van der Waals surface area contributed by atoms with Gasteiger partial charge in [-0.05, 0) is 36.6 Å². The fourth-order valence-electron chi connectivity index (χ4n) is 4.48. The molecule has 0 radical (unpaired) electrons. The van der Waals surface area contributed by atoms with Crippen molar-refractivity contribution in [1.29, 1.82) is 0 Å². The van der Waals surface area contributed by atoms with Crippen molar-refractivity contribution >= 4 is 17.1 Å². The molecule has 0 amide bonds. The second-order valence-electron chi connectivity index (χ2n) is 8.77. The predicted octanol–water partition coefficient (Wildman–Crippen LogP) is 5.50. The van der Waals surface area contributed by atoms with Crippen LogP contribution >= 0.6 is 0 Å². The summed E-state index contributed by atoms with van der Waals surface area (Å²) >= 11 is 0. The molecule has 2 heterocycles. The minimum Gasteiger partial charge on any atom is -0.493 e. The van der Waals surface area contributed by atoms with Gasteiger partial charge in [-0.3, -0.25) is 4.90 Å². The molecular weight excluding hydrogens is 442 g/mol. The summed E-state index contributed by atoms with van der Waals surface area (Å²) in [4.78, 5) is 7.00. The molecule has 0 saturated carbocycles. The molecule has 0 atom stereocenters. The molecule has 1 aliphatic heterocycles. The highest BCUT2D eigenvalue weighted by molar-refractivity contribution is 5.74. The van der Waals surface area contributed by atoms with Crippen LogP contribution in [-0.4, -0.2) is 43.2 Å². The summed E-state index contributed by atoms with van der Waals surface area (Å²) in [5.74, 6) is 2.20. The molecule has 5 rings (SSSR count). The van der Waals surface area contributed by atoms with Gasteiger partial charge in [0.15, 0.2) is 17.1 Å². The van der Waals surface area contributed by atoms with Crippen LogP contribution in [0.15, 0.2) is 71.1 Å². The lowest BCUT2D eigenvalue weighted by atomic mass is 10.0. The highest BCUT2D eigenvalue weighted by atomic mass is 16.5. The van der Waals surface area contributed by atoms with E-state index in [-0.39, 0.29) is 0 Å². The zero-order chi connectivity index (χ0) is 24.0. The molecule has 35 heavy (non-hydrogen) atoms. The number of nitrogens with one attached hydrogen (secondary N) is 1. The highest BCUT2D eigenvalue weighted by Gasteiger charge is 2.23. The quantitative estimate of drug-likeness (QED) is 0.344. The number of nitrogens with zero attached hydrogens (tertiary/aromatic N) is 2. The zero-order valence-corrected chi connectivity index (χ0v) is 20.2. The van der Waals surface area contributed by atoms with Crippen molar-refractivity contribution in [2.75, 3.05) is 32.6 Å². The first-order valence-corrected chi connectivity index (χ1v) is 12.0. The predicted molar refractivity (Wildman–Crippen MR) is 136 cm³/mol. The maximum atomic E-state index is 6.24. The maximum Gasteiger partial charge on any atom is 0.295 e. The van der Waals surface area contributed by atoms with E-state index in [9.17, 15) is 0 Å². The lowest BCUT2D eigenvalue weighted by Gasteiger charge is -2.32. The van der Waals surface area contributed by atoms with Gasteiger partial charge in [-0.25, -0.2) is 0 Å². The van der Waals surface area contributed by atoms with E-state index in [4.69, 9.17) is 18.6 Å². The number of aromatic nitrogens is 1. The van der Waals surface area contributed by atoms with Crippen LogP contribution < -0.4 is 19.5 Å². The fourth-order valence-corrected chi connectivity index (χ4v) is 4.48. The zero-order valence-electron chi connectivity index (χ0n) is 20.2. The maximum absolute atomic E-state index is 6.24. The van der Waals surface area contributed by atoms with E-state index in [1.54, 1.807) is 14.2 Å². The number of ether oxygens (including phenoxy) is 3. The third-order valence-corrected chi connectivity index (χ3v) is 6.41. The van der Waals surface area contributed by atoms with Crippen molar-refractivity contribution in [1.82, 2.24) is 9.88 Å². The van der Waals surface area contributed by atoms with Crippen LogP contribution in [0.25, 0.3) is 11.1 Å². The molecule has 0 unspecified atom stereocenters. The number of benzene rings is 3. The monoisotopic (exact) mass is 473 g/mol. The summed E-state index contributed by atoms with van der Waals surface area (Å²) in [7, 11) is 3.31. The summed E-state index contributed by atoms with van der Waals surface area (Å²) in [5.41, 5.74) is 3.90. The third-order valence-electron chi connectivity index (χ3n) is 6.41. The van der Waals surface area contributed by atoms with Crippen LogP contribution in [-0.2, 0) is 13.2 Å². The molecule has 1 fully saturated rings. The van der Waals surface area contributed by atoms with E-state index >= 15 is 0 Å². The van der Waals surface area contributed by atoms with Crippen molar-refractivity contribution in [2.24, 2.45) is 0 Å². The number of likely N-dealkylation sites (tertiary alicyclic amines) is 1. The molecule has 7 nitrogen and oxygen atoms in total. The largest absolute Gasteiger partial charge is 0.493 e. The summed E-state index contributed by atoms with van der Waals surface area (Å²) in [6, 6.07) is 22.9.